The molecule has 28 heavy (non-hydrogen) atoms. The molecule has 0 spiro atoms. The quantitative estimate of drug-likeness (QED) is 0.603. The van der Waals surface area contributed by atoms with E-state index in [2.05, 4.69) is 4.98 Å². The number of imidazole rings is 1. The first-order valence-corrected chi connectivity index (χ1v) is 9.62. The molecular weight excluding hydrogens is 401 g/mol. The van der Waals surface area contributed by atoms with Crippen molar-refractivity contribution >= 4 is 45.8 Å². The van der Waals surface area contributed by atoms with E-state index < -0.39 is 0 Å². The molecule has 0 bridgehead atoms. The average molecular weight is 420 g/mol. The minimum Gasteiger partial charge on any atom is -0.344 e. The van der Waals surface area contributed by atoms with Crippen LogP contribution in [-0.2, 0) is 9.63 Å². The average Bonchev–Trinajstić information content (AvgIpc) is 3.41. The number of pyridine rings is 1. The SMILES string of the molecule is CON(C)C(=O)[C@@H]1CCCN1c1cc(-n2ccnc2)c2ccc(Cl)c(Cl)c2n1. The van der Waals surface area contributed by atoms with Crippen LogP contribution in [0.1, 0.15) is 12.8 Å². The number of halogens is 2. The Labute approximate surface area is 172 Å². The van der Waals surface area contributed by atoms with Crippen molar-refractivity contribution in [2.45, 2.75) is 18.9 Å². The standard InChI is InChI=1S/C19H19Cl2N5O2/c1-24(28-2)19(27)14-4-3-8-26(14)16-10-15(25-9-7-22-11-25)12-5-6-13(20)17(21)18(12)23-16/h5-7,9-11,14H,3-4,8H2,1-2H3/t14-/m0/s1. The highest BCUT2D eigenvalue weighted by Crippen LogP contribution is 2.36. The number of likely N-dealkylation sites (N-methyl/N-ethyl adjacent to an activating group) is 1. The second-order valence-corrected chi connectivity index (χ2v) is 7.38. The van der Waals surface area contributed by atoms with E-state index in [1.54, 1.807) is 25.6 Å². The fraction of sp³-hybridized carbons (Fsp3) is 0.316. The number of amides is 1. The van der Waals surface area contributed by atoms with Gasteiger partial charge in [-0.15, -0.1) is 0 Å². The molecule has 146 valence electrons. The molecule has 1 atom stereocenters. The molecule has 2 aromatic heterocycles. The molecule has 0 saturated carbocycles. The first-order valence-electron chi connectivity index (χ1n) is 8.86. The molecule has 1 aliphatic rings. The third kappa shape index (κ3) is 3.19. The summed E-state index contributed by atoms with van der Waals surface area (Å²) < 4.78 is 1.89. The number of hydroxylamine groups is 2. The van der Waals surface area contributed by atoms with E-state index in [9.17, 15) is 4.79 Å². The predicted octanol–water partition coefficient (Wildman–Crippen LogP) is 3.72. The summed E-state index contributed by atoms with van der Waals surface area (Å²) in [4.78, 5) is 28.7. The Kier molecular flexibility index (Phi) is 5.14. The number of aromatic nitrogens is 3. The molecule has 1 saturated heterocycles. The van der Waals surface area contributed by atoms with Crippen LogP contribution in [0.15, 0.2) is 36.9 Å². The van der Waals surface area contributed by atoms with Gasteiger partial charge in [-0.25, -0.2) is 15.0 Å². The van der Waals surface area contributed by atoms with Crippen LogP contribution in [0.4, 0.5) is 5.82 Å². The zero-order chi connectivity index (χ0) is 19.8. The number of rotatable bonds is 4. The monoisotopic (exact) mass is 419 g/mol. The fourth-order valence-electron chi connectivity index (χ4n) is 3.56. The maximum Gasteiger partial charge on any atom is 0.268 e. The number of fused-ring (bicyclic) bond motifs is 1. The summed E-state index contributed by atoms with van der Waals surface area (Å²) in [6.45, 7) is 0.716. The van der Waals surface area contributed by atoms with E-state index in [4.69, 9.17) is 33.0 Å². The van der Waals surface area contributed by atoms with E-state index >= 15 is 0 Å². The van der Waals surface area contributed by atoms with Crippen LogP contribution in [0.5, 0.6) is 0 Å². The van der Waals surface area contributed by atoms with E-state index in [0.29, 0.717) is 27.9 Å². The maximum atomic E-state index is 12.7. The molecule has 0 unspecified atom stereocenters. The van der Waals surface area contributed by atoms with Crippen molar-refractivity contribution in [3.63, 3.8) is 0 Å². The maximum absolute atomic E-state index is 12.7. The lowest BCUT2D eigenvalue weighted by atomic mass is 10.1. The van der Waals surface area contributed by atoms with Crippen LogP contribution < -0.4 is 4.90 Å². The Balaban J connectivity index is 1.88. The number of benzene rings is 1. The van der Waals surface area contributed by atoms with Gasteiger partial charge in [-0.1, -0.05) is 23.2 Å². The van der Waals surface area contributed by atoms with Gasteiger partial charge in [0.25, 0.3) is 5.91 Å². The second kappa shape index (κ2) is 7.58. The number of carbonyl (C=O) groups excluding carboxylic acids is 1. The zero-order valence-electron chi connectivity index (χ0n) is 15.5. The molecule has 7 nitrogen and oxygen atoms in total. The lowest BCUT2D eigenvalue weighted by Gasteiger charge is -2.28. The van der Waals surface area contributed by atoms with Crippen molar-refractivity contribution in [2.24, 2.45) is 0 Å². The topological polar surface area (TPSA) is 63.5 Å². The summed E-state index contributed by atoms with van der Waals surface area (Å²) in [5, 5.41) is 2.93. The van der Waals surface area contributed by atoms with E-state index in [1.165, 1.54) is 12.2 Å². The third-order valence-electron chi connectivity index (χ3n) is 5.04. The van der Waals surface area contributed by atoms with Crippen molar-refractivity contribution in [3.05, 3.63) is 47.0 Å². The van der Waals surface area contributed by atoms with Crippen LogP contribution in [0, 0.1) is 0 Å². The molecule has 0 N–H and O–H groups in total. The van der Waals surface area contributed by atoms with Gasteiger partial charge in [0.15, 0.2) is 0 Å². The van der Waals surface area contributed by atoms with Gasteiger partial charge in [0.2, 0.25) is 0 Å². The Hall–Kier alpha value is -2.35. The smallest absolute Gasteiger partial charge is 0.268 e. The van der Waals surface area contributed by atoms with Crippen molar-refractivity contribution in [1.82, 2.24) is 19.6 Å². The largest absolute Gasteiger partial charge is 0.344 e. The van der Waals surface area contributed by atoms with Gasteiger partial charge in [-0.2, -0.15) is 0 Å². The van der Waals surface area contributed by atoms with Gasteiger partial charge in [0.05, 0.1) is 34.7 Å². The van der Waals surface area contributed by atoms with Crippen LogP contribution in [0.2, 0.25) is 10.0 Å². The van der Waals surface area contributed by atoms with E-state index in [0.717, 1.165) is 23.9 Å². The summed E-state index contributed by atoms with van der Waals surface area (Å²) in [5.41, 5.74) is 1.46. The zero-order valence-corrected chi connectivity index (χ0v) is 17.0. The first kappa shape index (κ1) is 19.0. The molecular formula is C19H19Cl2N5O2. The second-order valence-electron chi connectivity index (χ2n) is 6.60. The van der Waals surface area contributed by atoms with Crippen molar-refractivity contribution in [2.75, 3.05) is 25.6 Å². The van der Waals surface area contributed by atoms with Gasteiger partial charge in [-0.05, 0) is 25.0 Å². The van der Waals surface area contributed by atoms with Gasteiger partial charge in [0.1, 0.15) is 11.9 Å². The summed E-state index contributed by atoms with van der Waals surface area (Å²) in [7, 11) is 3.09. The minimum absolute atomic E-state index is 0.108. The number of carbonyl (C=O) groups is 1. The predicted molar refractivity (Wildman–Crippen MR) is 109 cm³/mol. The fourth-order valence-corrected chi connectivity index (χ4v) is 3.92. The molecule has 4 rings (SSSR count). The van der Waals surface area contributed by atoms with Crippen LogP contribution in [-0.4, -0.2) is 52.2 Å². The highest BCUT2D eigenvalue weighted by molar-refractivity contribution is 6.45. The molecule has 1 fully saturated rings. The molecule has 1 amide bonds. The molecule has 0 radical (unpaired) electrons. The van der Waals surface area contributed by atoms with Crippen LogP contribution in [0.25, 0.3) is 16.6 Å². The minimum atomic E-state index is -0.344. The summed E-state index contributed by atoms with van der Waals surface area (Å²) in [6, 6.07) is 5.25. The molecule has 1 aliphatic heterocycles. The third-order valence-corrected chi connectivity index (χ3v) is 5.83. The molecule has 1 aromatic carbocycles. The molecule has 3 aromatic rings. The van der Waals surface area contributed by atoms with Gasteiger partial charge in [-0.3, -0.25) is 9.63 Å². The van der Waals surface area contributed by atoms with Crippen molar-refractivity contribution in [3.8, 4) is 5.69 Å². The van der Waals surface area contributed by atoms with Gasteiger partial charge >= 0.3 is 0 Å². The van der Waals surface area contributed by atoms with Crippen LogP contribution >= 0.6 is 23.2 Å². The number of hydrogen-bond acceptors (Lipinski definition) is 5. The highest BCUT2D eigenvalue weighted by atomic mass is 35.5. The Morgan fingerprint density at radius 2 is 2.18 bits per heavy atom. The Bertz CT molecular complexity index is 1020. The van der Waals surface area contributed by atoms with Crippen molar-refractivity contribution < 1.29 is 9.63 Å². The molecule has 9 heteroatoms. The number of nitrogens with zero attached hydrogens (tertiary/aromatic N) is 5. The molecule has 0 aliphatic carbocycles. The number of hydrogen-bond donors (Lipinski definition) is 0. The van der Waals surface area contributed by atoms with E-state index in [-0.39, 0.29) is 11.9 Å². The summed E-state index contributed by atoms with van der Waals surface area (Å²) in [6.07, 6.45) is 6.89. The number of anilines is 1. The lowest BCUT2D eigenvalue weighted by molar-refractivity contribution is -0.169. The highest BCUT2D eigenvalue weighted by Gasteiger charge is 2.34. The lowest BCUT2D eigenvalue weighted by Crippen LogP contribution is -2.44. The van der Waals surface area contributed by atoms with Gasteiger partial charge in [0, 0.05) is 37.4 Å². The van der Waals surface area contributed by atoms with Gasteiger partial charge < -0.3 is 9.47 Å². The first-order chi connectivity index (χ1) is 13.5. The summed E-state index contributed by atoms with van der Waals surface area (Å²) >= 11 is 12.7. The Morgan fingerprint density at radius 3 is 2.89 bits per heavy atom. The van der Waals surface area contributed by atoms with Crippen molar-refractivity contribution in [1.29, 1.82) is 0 Å². The normalized spacial score (nSPS) is 16.7. The Morgan fingerprint density at radius 1 is 1.36 bits per heavy atom. The molecule has 3 heterocycles. The summed E-state index contributed by atoms with van der Waals surface area (Å²) in [5.74, 6) is 0.559. The van der Waals surface area contributed by atoms with E-state index in [1.807, 2.05) is 27.8 Å². The van der Waals surface area contributed by atoms with Crippen LogP contribution in [0.3, 0.4) is 0 Å².